The molecule has 70 valence electrons. The molecule has 1 aliphatic rings. The number of hydrogen-bond donors (Lipinski definition) is 0. The van der Waals surface area contributed by atoms with Crippen LogP contribution in [0.1, 0.15) is 33.6 Å². The molecule has 0 N–H and O–H groups in total. The molecule has 0 saturated carbocycles. The molecular formula is C10H19NO. The van der Waals surface area contributed by atoms with E-state index in [9.17, 15) is 4.79 Å². The topological polar surface area (TPSA) is 20.3 Å². The molecule has 1 amide bonds. The summed E-state index contributed by atoms with van der Waals surface area (Å²) in [5, 5.41) is 0. The van der Waals surface area contributed by atoms with Crippen LogP contribution in [0.25, 0.3) is 0 Å². The minimum atomic E-state index is 0.237. The molecule has 1 aliphatic heterocycles. The summed E-state index contributed by atoms with van der Waals surface area (Å²) >= 11 is 0. The fourth-order valence-electron chi connectivity index (χ4n) is 1.98. The highest BCUT2D eigenvalue weighted by atomic mass is 16.2. The van der Waals surface area contributed by atoms with Crippen LogP contribution < -0.4 is 0 Å². The highest BCUT2D eigenvalue weighted by Crippen LogP contribution is 2.22. The maximum atomic E-state index is 11.0. The van der Waals surface area contributed by atoms with Gasteiger partial charge in [0.15, 0.2) is 0 Å². The SMILES string of the molecule is CC(=O)N1CCC(CC(C)C)C1. The van der Waals surface area contributed by atoms with Crippen molar-refractivity contribution in [1.82, 2.24) is 4.90 Å². The van der Waals surface area contributed by atoms with Gasteiger partial charge in [-0.15, -0.1) is 0 Å². The van der Waals surface area contributed by atoms with Crippen LogP contribution in [0.15, 0.2) is 0 Å². The summed E-state index contributed by atoms with van der Waals surface area (Å²) in [7, 11) is 0. The third kappa shape index (κ3) is 2.50. The molecule has 2 nitrogen and oxygen atoms in total. The van der Waals surface area contributed by atoms with E-state index < -0.39 is 0 Å². The summed E-state index contributed by atoms with van der Waals surface area (Å²) in [4.78, 5) is 13.0. The van der Waals surface area contributed by atoms with Crippen LogP contribution in [-0.4, -0.2) is 23.9 Å². The van der Waals surface area contributed by atoms with Crippen LogP contribution in [0.2, 0.25) is 0 Å². The number of carbonyl (C=O) groups is 1. The van der Waals surface area contributed by atoms with Crippen LogP contribution >= 0.6 is 0 Å². The lowest BCUT2D eigenvalue weighted by Crippen LogP contribution is -2.25. The second-order valence-electron chi connectivity index (χ2n) is 4.25. The third-order valence-electron chi connectivity index (χ3n) is 2.54. The number of carbonyl (C=O) groups excluding carboxylic acids is 1. The van der Waals surface area contributed by atoms with Gasteiger partial charge >= 0.3 is 0 Å². The van der Waals surface area contributed by atoms with E-state index in [1.807, 2.05) is 4.90 Å². The number of rotatable bonds is 2. The first-order valence-electron chi connectivity index (χ1n) is 4.85. The highest BCUT2D eigenvalue weighted by Gasteiger charge is 2.24. The summed E-state index contributed by atoms with van der Waals surface area (Å²) in [5.74, 6) is 1.76. The maximum absolute atomic E-state index is 11.0. The summed E-state index contributed by atoms with van der Waals surface area (Å²) in [6.45, 7) is 8.13. The average Bonchev–Trinajstić information content (AvgIpc) is 2.34. The molecule has 0 bridgehead atoms. The predicted octanol–water partition coefficient (Wildman–Crippen LogP) is 1.90. The summed E-state index contributed by atoms with van der Waals surface area (Å²) in [5.41, 5.74) is 0. The van der Waals surface area contributed by atoms with Gasteiger partial charge in [-0.1, -0.05) is 13.8 Å². The van der Waals surface area contributed by atoms with Crippen molar-refractivity contribution in [3.05, 3.63) is 0 Å². The summed E-state index contributed by atoms with van der Waals surface area (Å²) < 4.78 is 0. The van der Waals surface area contributed by atoms with Crippen LogP contribution in [-0.2, 0) is 4.79 Å². The van der Waals surface area contributed by atoms with Gasteiger partial charge in [-0.25, -0.2) is 0 Å². The first-order valence-corrected chi connectivity index (χ1v) is 4.85. The number of amides is 1. The van der Waals surface area contributed by atoms with Crippen molar-refractivity contribution in [2.45, 2.75) is 33.6 Å². The van der Waals surface area contributed by atoms with Crippen LogP contribution in [0, 0.1) is 11.8 Å². The smallest absolute Gasteiger partial charge is 0.219 e. The fourth-order valence-corrected chi connectivity index (χ4v) is 1.98. The van der Waals surface area contributed by atoms with Crippen LogP contribution in [0.3, 0.4) is 0 Å². The van der Waals surface area contributed by atoms with Crippen LogP contribution in [0.5, 0.6) is 0 Å². The first-order chi connectivity index (χ1) is 5.59. The van der Waals surface area contributed by atoms with Crippen molar-refractivity contribution >= 4 is 5.91 Å². The average molecular weight is 169 g/mol. The normalized spacial score (nSPS) is 23.7. The Labute approximate surface area is 74.9 Å². The number of likely N-dealkylation sites (tertiary alicyclic amines) is 1. The first kappa shape index (κ1) is 9.56. The molecule has 1 unspecified atom stereocenters. The number of hydrogen-bond acceptors (Lipinski definition) is 1. The van der Waals surface area contributed by atoms with Gasteiger partial charge in [-0.3, -0.25) is 4.79 Å². The molecule has 0 radical (unpaired) electrons. The molecule has 0 aromatic heterocycles. The standard InChI is InChI=1S/C10H19NO/c1-8(2)6-10-4-5-11(7-10)9(3)12/h8,10H,4-7H2,1-3H3. The zero-order valence-electron chi connectivity index (χ0n) is 8.34. The Balaban J connectivity index is 2.30. The molecule has 12 heavy (non-hydrogen) atoms. The van der Waals surface area contributed by atoms with Crippen molar-refractivity contribution in [3.63, 3.8) is 0 Å². The zero-order valence-corrected chi connectivity index (χ0v) is 8.34. The number of nitrogens with zero attached hydrogens (tertiary/aromatic N) is 1. The molecule has 0 aliphatic carbocycles. The van der Waals surface area contributed by atoms with E-state index in [0.717, 1.165) is 24.9 Å². The quantitative estimate of drug-likeness (QED) is 0.618. The lowest BCUT2D eigenvalue weighted by molar-refractivity contribution is -0.127. The largest absolute Gasteiger partial charge is 0.343 e. The molecule has 0 aromatic carbocycles. The second-order valence-corrected chi connectivity index (χ2v) is 4.25. The Kier molecular flexibility index (Phi) is 3.12. The third-order valence-corrected chi connectivity index (χ3v) is 2.54. The van der Waals surface area contributed by atoms with Crippen molar-refractivity contribution in [3.8, 4) is 0 Å². The van der Waals surface area contributed by atoms with Gasteiger partial charge in [0.2, 0.25) is 5.91 Å². The van der Waals surface area contributed by atoms with Gasteiger partial charge in [0, 0.05) is 20.0 Å². The van der Waals surface area contributed by atoms with E-state index in [1.54, 1.807) is 6.92 Å². The van der Waals surface area contributed by atoms with E-state index >= 15 is 0 Å². The Morgan fingerprint density at radius 3 is 2.67 bits per heavy atom. The lowest BCUT2D eigenvalue weighted by Gasteiger charge is -2.14. The summed E-state index contributed by atoms with van der Waals surface area (Å²) in [6, 6.07) is 0. The molecule has 0 spiro atoms. The lowest BCUT2D eigenvalue weighted by atomic mass is 9.97. The molecule has 0 aromatic rings. The van der Waals surface area contributed by atoms with Crippen molar-refractivity contribution in [2.75, 3.05) is 13.1 Å². The fraction of sp³-hybridized carbons (Fsp3) is 0.900. The molecular weight excluding hydrogens is 150 g/mol. The molecule has 1 atom stereocenters. The molecule has 1 rings (SSSR count). The Bertz CT molecular complexity index is 165. The van der Waals surface area contributed by atoms with E-state index in [0.29, 0.717) is 0 Å². The van der Waals surface area contributed by atoms with E-state index in [4.69, 9.17) is 0 Å². The minimum Gasteiger partial charge on any atom is -0.343 e. The monoisotopic (exact) mass is 169 g/mol. The highest BCUT2D eigenvalue weighted by molar-refractivity contribution is 5.73. The van der Waals surface area contributed by atoms with E-state index in [2.05, 4.69) is 13.8 Å². The summed E-state index contributed by atoms with van der Waals surface area (Å²) in [6.07, 6.45) is 2.47. The van der Waals surface area contributed by atoms with Gasteiger partial charge in [0.1, 0.15) is 0 Å². The predicted molar refractivity (Wildman–Crippen MR) is 49.8 cm³/mol. The van der Waals surface area contributed by atoms with Crippen molar-refractivity contribution in [2.24, 2.45) is 11.8 Å². The Morgan fingerprint density at radius 2 is 2.25 bits per heavy atom. The maximum Gasteiger partial charge on any atom is 0.219 e. The Morgan fingerprint density at radius 1 is 1.58 bits per heavy atom. The molecule has 1 fully saturated rings. The van der Waals surface area contributed by atoms with Gasteiger partial charge in [-0.2, -0.15) is 0 Å². The molecule has 1 heterocycles. The van der Waals surface area contributed by atoms with Crippen molar-refractivity contribution in [1.29, 1.82) is 0 Å². The van der Waals surface area contributed by atoms with Gasteiger partial charge in [0.05, 0.1) is 0 Å². The van der Waals surface area contributed by atoms with Crippen LogP contribution in [0.4, 0.5) is 0 Å². The van der Waals surface area contributed by atoms with Gasteiger partial charge in [-0.05, 0) is 24.7 Å². The molecule has 1 saturated heterocycles. The van der Waals surface area contributed by atoms with Crippen molar-refractivity contribution < 1.29 is 4.79 Å². The second kappa shape index (κ2) is 3.92. The molecule has 2 heteroatoms. The van der Waals surface area contributed by atoms with Gasteiger partial charge < -0.3 is 4.90 Å². The Hall–Kier alpha value is -0.530. The van der Waals surface area contributed by atoms with E-state index in [-0.39, 0.29) is 5.91 Å². The van der Waals surface area contributed by atoms with Gasteiger partial charge in [0.25, 0.3) is 0 Å². The minimum absolute atomic E-state index is 0.237. The zero-order chi connectivity index (χ0) is 9.14. The van der Waals surface area contributed by atoms with E-state index in [1.165, 1.54) is 12.8 Å².